The van der Waals surface area contributed by atoms with E-state index in [2.05, 4.69) is 11.9 Å². The van der Waals surface area contributed by atoms with Gasteiger partial charge < -0.3 is 14.4 Å². The van der Waals surface area contributed by atoms with Crippen molar-refractivity contribution in [1.29, 1.82) is 0 Å². The van der Waals surface area contributed by atoms with Crippen LogP contribution in [0.5, 0.6) is 11.5 Å². The minimum atomic E-state index is -0.0441. The topological polar surface area (TPSA) is 51.7 Å². The van der Waals surface area contributed by atoms with Crippen LogP contribution in [0.15, 0.2) is 72.8 Å². The highest BCUT2D eigenvalue weighted by molar-refractivity contribution is 6.30. The van der Waals surface area contributed by atoms with Gasteiger partial charge in [-0.1, -0.05) is 54.9 Å². The van der Waals surface area contributed by atoms with Crippen LogP contribution in [0.3, 0.4) is 0 Å². The first-order valence-corrected chi connectivity index (χ1v) is 12.0. The minimum Gasteiger partial charge on any atom is -0.493 e. The number of rotatable bonds is 9. The number of carbonyl (C=O) groups is 1. The van der Waals surface area contributed by atoms with E-state index in [0.29, 0.717) is 41.7 Å². The first-order valence-electron chi connectivity index (χ1n) is 11.7. The quantitative estimate of drug-likeness (QED) is 0.257. The number of ether oxygens (including phenoxy) is 2. The highest BCUT2D eigenvalue weighted by Crippen LogP contribution is 2.28. The summed E-state index contributed by atoms with van der Waals surface area (Å²) in [6.07, 6.45) is 1.58. The third-order valence-electron chi connectivity index (χ3n) is 6.13. The molecule has 0 fully saturated rings. The Balaban J connectivity index is 1.62. The molecule has 0 N–H and O–H groups in total. The van der Waals surface area contributed by atoms with Gasteiger partial charge >= 0.3 is 0 Å². The van der Waals surface area contributed by atoms with Gasteiger partial charge in [0.25, 0.3) is 5.91 Å². The standard InChI is InChI=1S/C29H29ClN2O3/c1-4-20-9-12-22(13-10-20)29(33)32(16-15-21-11-14-26(34-2)27(17-21)35-3)19-24-18-23-7-5-6-8-25(23)31-28(24)30/h5-14,17-18H,4,15-16,19H2,1-3H3. The number of methoxy groups -OCH3 is 2. The Morgan fingerprint density at radius 2 is 1.63 bits per heavy atom. The number of halogens is 1. The number of hydrogen-bond donors (Lipinski definition) is 0. The van der Waals surface area contributed by atoms with Crippen molar-refractivity contribution < 1.29 is 14.3 Å². The van der Waals surface area contributed by atoms with E-state index in [-0.39, 0.29) is 5.91 Å². The summed E-state index contributed by atoms with van der Waals surface area (Å²) < 4.78 is 10.8. The zero-order valence-corrected chi connectivity index (χ0v) is 21.0. The number of aryl methyl sites for hydroxylation is 1. The molecule has 0 radical (unpaired) electrons. The van der Waals surface area contributed by atoms with Crippen molar-refractivity contribution in [2.75, 3.05) is 20.8 Å². The first-order chi connectivity index (χ1) is 17.0. The lowest BCUT2D eigenvalue weighted by atomic mass is 10.1. The molecule has 3 aromatic carbocycles. The average Bonchev–Trinajstić information content (AvgIpc) is 2.90. The van der Waals surface area contributed by atoms with E-state index in [9.17, 15) is 4.79 Å². The van der Waals surface area contributed by atoms with Crippen molar-refractivity contribution in [1.82, 2.24) is 9.88 Å². The van der Waals surface area contributed by atoms with Crippen molar-refractivity contribution >= 4 is 28.4 Å². The van der Waals surface area contributed by atoms with Crippen LogP contribution in [0.1, 0.15) is 34.0 Å². The molecule has 0 saturated carbocycles. The number of amides is 1. The second-order valence-electron chi connectivity index (χ2n) is 8.35. The van der Waals surface area contributed by atoms with Crippen molar-refractivity contribution in [3.8, 4) is 11.5 Å². The fourth-order valence-electron chi connectivity index (χ4n) is 4.07. The number of para-hydroxylation sites is 1. The summed E-state index contributed by atoms with van der Waals surface area (Å²) in [5, 5.41) is 1.40. The molecule has 4 aromatic rings. The van der Waals surface area contributed by atoms with Gasteiger partial charge in [0.05, 0.1) is 19.7 Å². The smallest absolute Gasteiger partial charge is 0.254 e. The SMILES string of the molecule is CCc1ccc(C(=O)N(CCc2ccc(OC)c(OC)c2)Cc2cc3ccccc3nc2Cl)cc1. The van der Waals surface area contributed by atoms with Gasteiger partial charge in [-0.3, -0.25) is 4.79 Å². The van der Waals surface area contributed by atoms with Crippen molar-refractivity contribution in [3.05, 3.63) is 100 Å². The Morgan fingerprint density at radius 3 is 2.34 bits per heavy atom. The monoisotopic (exact) mass is 488 g/mol. The zero-order valence-electron chi connectivity index (χ0n) is 20.3. The molecule has 1 amide bonds. The van der Waals surface area contributed by atoms with Crippen LogP contribution in [-0.2, 0) is 19.4 Å². The molecule has 180 valence electrons. The Kier molecular flexibility index (Phi) is 7.88. The van der Waals surface area contributed by atoms with E-state index < -0.39 is 0 Å². The predicted octanol–water partition coefficient (Wildman–Crippen LogP) is 6.35. The van der Waals surface area contributed by atoms with Crippen LogP contribution in [0.4, 0.5) is 0 Å². The summed E-state index contributed by atoms with van der Waals surface area (Å²) in [7, 11) is 3.23. The van der Waals surface area contributed by atoms with Gasteiger partial charge in [-0.15, -0.1) is 0 Å². The maximum absolute atomic E-state index is 13.6. The van der Waals surface area contributed by atoms with Gasteiger partial charge in [-0.2, -0.15) is 0 Å². The van der Waals surface area contributed by atoms with Gasteiger partial charge in [-0.25, -0.2) is 4.98 Å². The summed E-state index contributed by atoms with van der Waals surface area (Å²) in [4.78, 5) is 20.0. The third-order valence-corrected chi connectivity index (χ3v) is 6.45. The van der Waals surface area contributed by atoms with Crippen LogP contribution >= 0.6 is 11.6 Å². The molecule has 0 aliphatic rings. The number of carbonyl (C=O) groups excluding carboxylic acids is 1. The summed E-state index contributed by atoms with van der Waals surface area (Å²) in [6, 6.07) is 23.5. The molecule has 0 bridgehead atoms. The second-order valence-corrected chi connectivity index (χ2v) is 8.71. The highest BCUT2D eigenvalue weighted by Gasteiger charge is 2.19. The average molecular weight is 489 g/mol. The maximum Gasteiger partial charge on any atom is 0.254 e. The van der Waals surface area contributed by atoms with Crippen LogP contribution in [0, 0.1) is 0 Å². The normalized spacial score (nSPS) is 10.9. The Hall–Kier alpha value is -3.57. The van der Waals surface area contributed by atoms with Gasteiger partial charge in [0.15, 0.2) is 11.5 Å². The molecule has 0 spiro atoms. The summed E-state index contributed by atoms with van der Waals surface area (Å²) in [6.45, 7) is 2.96. The molecule has 0 aliphatic carbocycles. The van der Waals surface area contributed by atoms with Crippen molar-refractivity contribution in [2.45, 2.75) is 26.3 Å². The van der Waals surface area contributed by atoms with Gasteiger partial charge in [-0.05, 0) is 60.4 Å². The molecule has 0 aliphatic heterocycles. The number of hydrogen-bond acceptors (Lipinski definition) is 4. The van der Waals surface area contributed by atoms with Gasteiger partial charge in [0.1, 0.15) is 5.15 Å². The molecule has 5 nitrogen and oxygen atoms in total. The van der Waals surface area contributed by atoms with E-state index in [4.69, 9.17) is 21.1 Å². The summed E-state index contributed by atoms with van der Waals surface area (Å²) in [5.41, 5.74) is 4.54. The van der Waals surface area contributed by atoms with E-state index in [1.54, 1.807) is 14.2 Å². The molecular weight excluding hydrogens is 460 g/mol. The summed E-state index contributed by atoms with van der Waals surface area (Å²) >= 11 is 6.55. The molecule has 0 saturated heterocycles. The van der Waals surface area contributed by atoms with Gasteiger partial charge in [0, 0.05) is 29.6 Å². The minimum absolute atomic E-state index is 0.0441. The number of nitrogens with zero attached hydrogens (tertiary/aromatic N) is 2. The van der Waals surface area contributed by atoms with Gasteiger partial charge in [0.2, 0.25) is 0 Å². The number of benzene rings is 3. The molecule has 1 heterocycles. The van der Waals surface area contributed by atoms with E-state index in [1.165, 1.54) is 5.56 Å². The lowest BCUT2D eigenvalue weighted by Gasteiger charge is -2.24. The Bertz CT molecular complexity index is 1320. The van der Waals surface area contributed by atoms with Crippen molar-refractivity contribution in [2.24, 2.45) is 0 Å². The summed E-state index contributed by atoms with van der Waals surface area (Å²) in [5.74, 6) is 1.30. The zero-order chi connectivity index (χ0) is 24.8. The lowest BCUT2D eigenvalue weighted by Crippen LogP contribution is -2.32. The first kappa shape index (κ1) is 24.6. The molecule has 4 rings (SSSR count). The molecule has 6 heteroatoms. The number of pyridine rings is 1. The van der Waals surface area contributed by atoms with Crippen molar-refractivity contribution in [3.63, 3.8) is 0 Å². The number of aromatic nitrogens is 1. The second kappa shape index (κ2) is 11.2. The Morgan fingerprint density at radius 1 is 0.914 bits per heavy atom. The molecule has 35 heavy (non-hydrogen) atoms. The molecule has 0 atom stereocenters. The van der Waals surface area contributed by atoms with Crippen LogP contribution in [-0.4, -0.2) is 36.6 Å². The number of fused-ring (bicyclic) bond motifs is 1. The van der Waals surface area contributed by atoms with E-state index in [1.807, 2.05) is 77.7 Å². The molecule has 0 unspecified atom stereocenters. The molecule has 1 aromatic heterocycles. The Labute approximate surface area is 211 Å². The van der Waals surface area contributed by atoms with Crippen LogP contribution in [0.2, 0.25) is 5.15 Å². The van der Waals surface area contributed by atoms with E-state index >= 15 is 0 Å². The fraction of sp³-hybridized carbons (Fsp3) is 0.241. The molecular formula is C29H29ClN2O3. The lowest BCUT2D eigenvalue weighted by molar-refractivity contribution is 0.0745. The van der Waals surface area contributed by atoms with E-state index in [0.717, 1.165) is 28.5 Å². The fourth-order valence-corrected chi connectivity index (χ4v) is 4.28. The highest BCUT2D eigenvalue weighted by atomic mass is 35.5. The largest absolute Gasteiger partial charge is 0.493 e. The maximum atomic E-state index is 13.6. The predicted molar refractivity (Wildman–Crippen MR) is 141 cm³/mol. The van der Waals surface area contributed by atoms with Crippen LogP contribution < -0.4 is 9.47 Å². The third kappa shape index (κ3) is 5.75. The van der Waals surface area contributed by atoms with Crippen LogP contribution in [0.25, 0.3) is 10.9 Å².